The van der Waals surface area contributed by atoms with E-state index >= 15 is 0 Å². The topological polar surface area (TPSA) is 54.0 Å². The zero-order valence-corrected chi connectivity index (χ0v) is 12.0. The van der Waals surface area contributed by atoms with Crippen molar-refractivity contribution in [3.8, 4) is 0 Å². The summed E-state index contributed by atoms with van der Waals surface area (Å²) in [6.45, 7) is 6.74. The highest BCUT2D eigenvalue weighted by atomic mass is 16.2. The molecule has 0 spiro atoms. The Kier molecular flexibility index (Phi) is 4.40. The van der Waals surface area contributed by atoms with Gasteiger partial charge in [-0.2, -0.15) is 0 Å². The van der Waals surface area contributed by atoms with Gasteiger partial charge in [-0.05, 0) is 43.7 Å². The van der Waals surface area contributed by atoms with Crippen LogP contribution in [-0.4, -0.2) is 23.5 Å². The average Bonchev–Trinajstić information content (AvgIpc) is 2.83. The predicted octanol–water partition coefficient (Wildman–Crippen LogP) is 2.14. The fourth-order valence-corrected chi connectivity index (χ4v) is 2.25. The van der Waals surface area contributed by atoms with E-state index in [1.807, 2.05) is 13.0 Å². The lowest BCUT2D eigenvalue weighted by Crippen LogP contribution is -2.39. The number of fused-ring (bicyclic) bond motifs is 1. The van der Waals surface area contributed by atoms with Crippen LogP contribution >= 0.6 is 0 Å². The largest absolute Gasteiger partial charge is 0.359 e. The molecule has 104 valence electrons. The van der Waals surface area contributed by atoms with Gasteiger partial charge in [-0.25, -0.2) is 4.98 Å². The van der Waals surface area contributed by atoms with Gasteiger partial charge in [-0.1, -0.05) is 19.9 Å². The molecule has 0 aromatic carbocycles. The van der Waals surface area contributed by atoms with E-state index in [9.17, 15) is 4.79 Å². The number of amides is 1. The Hall–Kier alpha value is -1.58. The molecule has 1 heterocycles. The summed E-state index contributed by atoms with van der Waals surface area (Å²) in [5, 5.41) is 6.10. The SMILES string of the molecule is CC(C)CNC(=O)C(C)Nc1ccc2c(n1)CCC2. The Balaban J connectivity index is 1.91. The molecule has 19 heavy (non-hydrogen) atoms. The predicted molar refractivity (Wildman–Crippen MR) is 77.2 cm³/mol. The molecular weight excluding hydrogens is 238 g/mol. The number of nitrogens with one attached hydrogen (secondary N) is 2. The van der Waals surface area contributed by atoms with E-state index in [1.165, 1.54) is 17.7 Å². The minimum absolute atomic E-state index is 0.0241. The molecule has 1 aromatic heterocycles. The van der Waals surface area contributed by atoms with Gasteiger partial charge in [0.05, 0.1) is 0 Å². The number of rotatable bonds is 5. The van der Waals surface area contributed by atoms with Crippen LogP contribution < -0.4 is 10.6 Å². The summed E-state index contributed by atoms with van der Waals surface area (Å²) in [5.74, 6) is 1.29. The lowest BCUT2D eigenvalue weighted by Gasteiger charge is -2.16. The number of nitrogens with zero attached hydrogens (tertiary/aromatic N) is 1. The second-order valence-corrected chi connectivity index (χ2v) is 5.66. The van der Waals surface area contributed by atoms with Crippen LogP contribution in [-0.2, 0) is 17.6 Å². The van der Waals surface area contributed by atoms with Gasteiger partial charge in [0.2, 0.25) is 5.91 Å². The first-order valence-electron chi connectivity index (χ1n) is 7.09. The van der Waals surface area contributed by atoms with Crippen LogP contribution in [0.15, 0.2) is 12.1 Å². The molecule has 4 heteroatoms. The molecule has 2 N–H and O–H groups in total. The lowest BCUT2D eigenvalue weighted by atomic mass is 10.2. The maximum atomic E-state index is 11.9. The van der Waals surface area contributed by atoms with Gasteiger partial charge >= 0.3 is 0 Å². The van der Waals surface area contributed by atoms with Crippen LogP contribution in [0.3, 0.4) is 0 Å². The van der Waals surface area contributed by atoms with Crippen molar-refractivity contribution in [2.45, 2.75) is 46.1 Å². The molecule has 2 rings (SSSR count). The number of anilines is 1. The quantitative estimate of drug-likeness (QED) is 0.854. The highest BCUT2D eigenvalue weighted by Gasteiger charge is 2.16. The fraction of sp³-hybridized carbons (Fsp3) is 0.600. The van der Waals surface area contributed by atoms with Crippen LogP contribution in [0.2, 0.25) is 0 Å². The fourth-order valence-electron chi connectivity index (χ4n) is 2.25. The van der Waals surface area contributed by atoms with E-state index in [0.717, 1.165) is 18.7 Å². The van der Waals surface area contributed by atoms with Gasteiger partial charge in [0.1, 0.15) is 11.9 Å². The molecule has 1 amide bonds. The van der Waals surface area contributed by atoms with Crippen LogP contribution in [0.5, 0.6) is 0 Å². The zero-order chi connectivity index (χ0) is 13.8. The van der Waals surface area contributed by atoms with Crippen molar-refractivity contribution in [2.75, 3.05) is 11.9 Å². The minimum atomic E-state index is -0.259. The molecule has 0 aliphatic heterocycles. The van der Waals surface area contributed by atoms with Crippen molar-refractivity contribution >= 4 is 11.7 Å². The third-order valence-electron chi connectivity index (χ3n) is 3.37. The van der Waals surface area contributed by atoms with Gasteiger partial charge in [0.25, 0.3) is 0 Å². The van der Waals surface area contributed by atoms with E-state index in [0.29, 0.717) is 12.5 Å². The molecule has 0 fully saturated rings. The molecule has 1 aliphatic carbocycles. The summed E-state index contributed by atoms with van der Waals surface area (Å²) in [5.41, 5.74) is 2.53. The van der Waals surface area contributed by atoms with Gasteiger partial charge in [-0.3, -0.25) is 4.79 Å². The molecular formula is C15H23N3O. The molecule has 0 radical (unpaired) electrons. The van der Waals surface area contributed by atoms with Gasteiger partial charge in [0, 0.05) is 12.2 Å². The highest BCUT2D eigenvalue weighted by Crippen LogP contribution is 2.21. The number of carbonyl (C=O) groups is 1. The van der Waals surface area contributed by atoms with E-state index < -0.39 is 0 Å². The molecule has 1 atom stereocenters. The third kappa shape index (κ3) is 3.69. The number of carbonyl (C=O) groups excluding carboxylic acids is 1. The van der Waals surface area contributed by atoms with E-state index in [4.69, 9.17) is 0 Å². The first kappa shape index (κ1) is 13.8. The first-order valence-corrected chi connectivity index (χ1v) is 7.09. The molecule has 1 aromatic rings. The molecule has 0 saturated carbocycles. The minimum Gasteiger partial charge on any atom is -0.359 e. The second-order valence-electron chi connectivity index (χ2n) is 5.66. The molecule has 0 saturated heterocycles. The van der Waals surface area contributed by atoms with Crippen molar-refractivity contribution in [1.29, 1.82) is 0 Å². The summed E-state index contributed by atoms with van der Waals surface area (Å²) in [4.78, 5) is 16.5. The number of hydrogen-bond donors (Lipinski definition) is 2. The van der Waals surface area contributed by atoms with Crippen LogP contribution in [0.4, 0.5) is 5.82 Å². The number of hydrogen-bond acceptors (Lipinski definition) is 3. The Bertz CT molecular complexity index is 457. The highest BCUT2D eigenvalue weighted by molar-refractivity contribution is 5.83. The third-order valence-corrected chi connectivity index (χ3v) is 3.37. The average molecular weight is 261 g/mol. The van der Waals surface area contributed by atoms with Gasteiger partial charge < -0.3 is 10.6 Å². The van der Waals surface area contributed by atoms with Crippen LogP contribution in [0, 0.1) is 5.92 Å². The monoisotopic (exact) mass is 261 g/mol. The lowest BCUT2D eigenvalue weighted by molar-refractivity contribution is -0.121. The molecule has 1 unspecified atom stereocenters. The standard InChI is InChI=1S/C15H23N3O/c1-10(2)9-16-15(19)11(3)17-14-8-7-12-5-4-6-13(12)18-14/h7-8,10-11H,4-6,9H2,1-3H3,(H,16,19)(H,17,18). The second kappa shape index (κ2) is 6.04. The maximum absolute atomic E-state index is 11.9. The first-order chi connectivity index (χ1) is 9.06. The maximum Gasteiger partial charge on any atom is 0.242 e. The summed E-state index contributed by atoms with van der Waals surface area (Å²) in [6.07, 6.45) is 3.38. The van der Waals surface area contributed by atoms with Crippen molar-refractivity contribution in [3.63, 3.8) is 0 Å². The number of pyridine rings is 1. The molecule has 0 bridgehead atoms. The Morgan fingerprint density at radius 3 is 2.84 bits per heavy atom. The van der Waals surface area contributed by atoms with E-state index in [1.54, 1.807) is 0 Å². The smallest absolute Gasteiger partial charge is 0.242 e. The van der Waals surface area contributed by atoms with Crippen molar-refractivity contribution in [3.05, 3.63) is 23.4 Å². The summed E-state index contributed by atoms with van der Waals surface area (Å²) < 4.78 is 0. The van der Waals surface area contributed by atoms with E-state index in [-0.39, 0.29) is 11.9 Å². The normalized spacial score (nSPS) is 15.2. The Morgan fingerprint density at radius 2 is 2.11 bits per heavy atom. The summed E-state index contributed by atoms with van der Waals surface area (Å²) >= 11 is 0. The molecule has 4 nitrogen and oxygen atoms in total. The van der Waals surface area contributed by atoms with Gasteiger partial charge in [-0.15, -0.1) is 0 Å². The van der Waals surface area contributed by atoms with Crippen LogP contribution in [0.25, 0.3) is 0 Å². The molecule has 1 aliphatic rings. The van der Waals surface area contributed by atoms with Crippen molar-refractivity contribution in [1.82, 2.24) is 10.3 Å². The number of aryl methyl sites for hydroxylation is 2. The Morgan fingerprint density at radius 1 is 1.32 bits per heavy atom. The van der Waals surface area contributed by atoms with Crippen molar-refractivity contribution < 1.29 is 4.79 Å². The number of aromatic nitrogens is 1. The van der Waals surface area contributed by atoms with Crippen molar-refractivity contribution in [2.24, 2.45) is 5.92 Å². The Labute approximate surface area is 115 Å². The van der Waals surface area contributed by atoms with Crippen LogP contribution in [0.1, 0.15) is 38.4 Å². The summed E-state index contributed by atoms with van der Waals surface area (Å²) in [6, 6.07) is 3.83. The zero-order valence-electron chi connectivity index (χ0n) is 12.0. The van der Waals surface area contributed by atoms with Gasteiger partial charge in [0.15, 0.2) is 0 Å². The summed E-state index contributed by atoms with van der Waals surface area (Å²) in [7, 11) is 0. The van der Waals surface area contributed by atoms with E-state index in [2.05, 4.69) is 35.5 Å².